The summed E-state index contributed by atoms with van der Waals surface area (Å²) >= 11 is 1.61. The van der Waals surface area contributed by atoms with E-state index in [1.807, 2.05) is 36.1 Å². The summed E-state index contributed by atoms with van der Waals surface area (Å²) in [5.74, 6) is 1.10. The quantitative estimate of drug-likeness (QED) is 0.923. The molecule has 0 unspecified atom stereocenters. The number of hydrogen-bond donors (Lipinski definition) is 1. The van der Waals surface area contributed by atoms with Crippen molar-refractivity contribution in [3.05, 3.63) is 29.3 Å². The summed E-state index contributed by atoms with van der Waals surface area (Å²) in [6.45, 7) is 4.11. The van der Waals surface area contributed by atoms with Crippen LogP contribution in [0.5, 0.6) is 5.75 Å². The van der Waals surface area contributed by atoms with Gasteiger partial charge in [-0.05, 0) is 44.0 Å². The highest BCUT2D eigenvalue weighted by Gasteiger charge is 2.27. The molecule has 2 amide bonds. The van der Waals surface area contributed by atoms with Gasteiger partial charge in [0, 0.05) is 31.1 Å². The van der Waals surface area contributed by atoms with Crippen molar-refractivity contribution in [2.24, 2.45) is 0 Å². The van der Waals surface area contributed by atoms with Gasteiger partial charge in [-0.15, -0.1) is 10.2 Å². The Kier molecular flexibility index (Phi) is 5.30. The molecule has 1 atom stereocenters. The van der Waals surface area contributed by atoms with Crippen molar-refractivity contribution < 1.29 is 9.53 Å². The van der Waals surface area contributed by atoms with Crippen molar-refractivity contribution in [1.29, 1.82) is 0 Å². The molecule has 1 N–H and O–H groups in total. The average molecular weight is 346 g/mol. The maximum absolute atomic E-state index is 12.0. The summed E-state index contributed by atoms with van der Waals surface area (Å²) in [7, 11) is 1.65. The van der Waals surface area contributed by atoms with Gasteiger partial charge in [0.2, 0.25) is 0 Å². The number of ether oxygens (including phenoxy) is 1. The molecule has 1 saturated heterocycles. The molecule has 0 spiro atoms. The Morgan fingerprint density at radius 3 is 2.88 bits per heavy atom. The summed E-state index contributed by atoms with van der Waals surface area (Å²) in [6.07, 6.45) is 2.05. The van der Waals surface area contributed by atoms with Gasteiger partial charge in [-0.1, -0.05) is 11.3 Å². The van der Waals surface area contributed by atoms with E-state index >= 15 is 0 Å². The zero-order valence-electron chi connectivity index (χ0n) is 14.0. The lowest BCUT2D eigenvalue weighted by atomic mass is 9.99. The molecule has 7 heteroatoms. The number of piperidine rings is 1. The molecule has 0 bridgehead atoms. The number of aromatic nitrogens is 2. The van der Waals surface area contributed by atoms with Crippen molar-refractivity contribution in [1.82, 2.24) is 20.4 Å². The van der Waals surface area contributed by atoms with Gasteiger partial charge < -0.3 is 15.0 Å². The summed E-state index contributed by atoms with van der Waals surface area (Å²) in [6, 6.07) is 7.85. The molecule has 2 heterocycles. The highest BCUT2D eigenvalue weighted by molar-refractivity contribution is 7.14. The molecular weight excluding hydrogens is 324 g/mol. The van der Waals surface area contributed by atoms with Crippen LogP contribution in [0.3, 0.4) is 0 Å². The maximum Gasteiger partial charge on any atom is 0.317 e. The van der Waals surface area contributed by atoms with E-state index in [0.29, 0.717) is 13.1 Å². The zero-order valence-corrected chi connectivity index (χ0v) is 14.8. The summed E-state index contributed by atoms with van der Waals surface area (Å²) in [5, 5.41) is 13.5. The van der Waals surface area contributed by atoms with E-state index in [0.717, 1.165) is 40.7 Å². The Morgan fingerprint density at radius 1 is 1.38 bits per heavy atom. The maximum atomic E-state index is 12.0. The van der Waals surface area contributed by atoms with E-state index in [1.54, 1.807) is 18.4 Å². The van der Waals surface area contributed by atoms with Gasteiger partial charge in [-0.25, -0.2) is 4.79 Å². The topological polar surface area (TPSA) is 67.4 Å². The third-order valence-electron chi connectivity index (χ3n) is 4.16. The van der Waals surface area contributed by atoms with Crippen LogP contribution in [0.2, 0.25) is 0 Å². The van der Waals surface area contributed by atoms with E-state index in [4.69, 9.17) is 4.74 Å². The van der Waals surface area contributed by atoms with E-state index in [1.165, 1.54) is 0 Å². The van der Waals surface area contributed by atoms with Crippen molar-refractivity contribution >= 4 is 17.4 Å². The zero-order chi connectivity index (χ0) is 16.9. The van der Waals surface area contributed by atoms with Gasteiger partial charge in [0.1, 0.15) is 15.8 Å². The summed E-state index contributed by atoms with van der Waals surface area (Å²) in [5.41, 5.74) is 1.04. The SMILES string of the molecule is CCNC(=O)N1CCC[C@H](c2nnc(-c3ccc(OC)cc3)s2)C1. The lowest BCUT2D eigenvalue weighted by Gasteiger charge is -2.31. The molecule has 1 aliphatic heterocycles. The van der Waals surface area contributed by atoms with Crippen molar-refractivity contribution in [3.63, 3.8) is 0 Å². The average Bonchev–Trinajstić information content (AvgIpc) is 3.12. The molecular formula is C17H22N4O2S. The molecule has 6 nitrogen and oxygen atoms in total. The van der Waals surface area contributed by atoms with Crippen LogP contribution in [0, 0.1) is 0 Å². The largest absolute Gasteiger partial charge is 0.497 e. The van der Waals surface area contributed by atoms with Gasteiger partial charge >= 0.3 is 6.03 Å². The lowest BCUT2D eigenvalue weighted by Crippen LogP contribution is -2.44. The van der Waals surface area contributed by atoms with Crippen molar-refractivity contribution in [2.75, 3.05) is 26.7 Å². The molecule has 1 aromatic carbocycles. The number of hydrogen-bond acceptors (Lipinski definition) is 5. The van der Waals surface area contributed by atoms with E-state index in [9.17, 15) is 4.79 Å². The molecule has 1 aliphatic rings. The molecule has 0 aliphatic carbocycles. The minimum Gasteiger partial charge on any atom is -0.497 e. The Hall–Kier alpha value is -2.15. The number of urea groups is 1. The molecule has 128 valence electrons. The van der Waals surface area contributed by atoms with Crippen LogP contribution in [-0.4, -0.2) is 47.9 Å². The van der Waals surface area contributed by atoms with Gasteiger partial charge in [0.15, 0.2) is 0 Å². The number of carbonyl (C=O) groups is 1. The summed E-state index contributed by atoms with van der Waals surface area (Å²) in [4.78, 5) is 13.9. The number of amides is 2. The molecule has 1 aromatic heterocycles. The Bertz CT molecular complexity index is 686. The first-order chi connectivity index (χ1) is 11.7. The van der Waals surface area contributed by atoms with Gasteiger partial charge in [-0.2, -0.15) is 0 Å². The number of nitrogens with zero attached hydrogens (tertiary/aromatic N) is 3. The van der Waals surface area contributed by atoms with Gasteiger partial charge in [0.25, 0.3) is 0 Å². The van der Waals surface area contributed by atoms with Gasteiger partial charge in [0.05, 0.1) is 7.11 Å². The monoisotopic (exact) mass is 346 g/mol. The lowest BCUT2D eigenvalue weighted by molar-refractivity contribution is 0.180. The second-order valence-electron chi connectivity index (χ2n) is 5.79. The normalized spacial score (nSPS) is 17.6. The molecule has 3 rings (SSSR count). The molecule has 1 fully saturated rings. The van der Waals surface area contributed by atoms with Crippen LogP contribution >= 0.6 is 11.3 Å². The fourth-order valence-electron chi connectivity index (χ4n) is 2.88. The van der Waals surface area contributed by atoms with E-state index in [2.05, 4.69) is 15.5 Å². The number of methoxy groups -OCH3 is 1. The van der Waals surface area contributed by atoms with E-state index in [-0.39, 0.29) is 11.9 Å². The number of rotatable bonds is 4. The number of nitrogens with one attached hydrogen (secondary N) is 1. The van der Waals surface area contributed by atoms with E-state index < -0.39 is 0 Å². The van der Waals surface area contributed by atoms with Crippen LogP contribution in [0.1, 0.15) is 30.7 Å². The fourth-order valence-corrected chi connectivity index (χ4v) is 3.85. The first-order valence-electron chi connectivity index (χ1n) is 8.22. The van der Waals surface area contributed by atoms with Crippen LogP contribution in [0.15, 0.2) is 24.3 Å². The summed E-state index contributed by atoms with van der Waals surface area (Å²) < 4.78 is 5.18. The standard InChI is InChI=1S/C17H22N4O2S/c1-3-18-17(22)21-10-4-5-13(11-21)16-20-19-15(24-16)12-6-8-14(23-2)9-7-12/h6-9,13H,3-5,10-11H2,1-2H3,(H,18,22)/t13-/m0/s1. The molecule has 24 heavy (non-hydrogen) atoms. The minimum atomic E-state index is 0.0158. The third kappa shape index (κ3) is 3.67. The molecule has 2 aromatic rings. The second kappa shape index (κ2) is 7.61. The first-order valence-corrected chi connectivity index (χ1v) is 9.03. The predicted octanol–water partition coefficient (Wildman–Crippen LogP) is 3.12. The highest BCUT2D eigenvalue weighted by atomic mass is 32.1. The molecule has 0 radical (unpaired) electrons. The fraction of sp³-hybridized carbons (Fsp3) is 0.471. The van der Waals surface area contributed by atoms with Crippen LogP contribution < -0.4 is 10.1 Å². The number of benzene rings is 1. The van der Waals surface area contributed by atoms with Crippen molar-refractivity contribution in [3.8, 4) is 16.3 Å². The van der Waals surface area contributed by atoms with Gasteiger partial charge in [-0.3, -0.25) is 0 Å². The van der Waals surface area contributed by atoms with Crippen molar-refractivity contribution in [2.45, 2.75) is 25.7 Å². The predicted molar refractivity (Wildman–Crippen MR) is 94.5 cm³/mol. The molecule has 0 saturated carbocycles. The van der Waals surface area contributed by atoms with Crippen LogP contribution in [-0.2, 0) is 0 Å². The van der Waals surface area contributed by atoms with Crippen LogP contribution in [0.25, 0.3) is 10.6 Å². The number of carbonyl (C=O) groups excluding carboxylic acids is 1. The smallest absolute Gasteiger partial charge is 0.317 e. The Morgan fingerprint density at radius 2 is 2.17 bits per heavy atom. The van der Waals surface area contributed by atoms with Crippen LogP contribution in [0.4, 0.5) is 4.79 Å². The second-order valence-corrected chi connectivity index (χ2v) is 6.80. The highest BCUT2D eigenvalue weighted by Crippen LogP contribution is 2.33. The minimum absolute atomic E-state index is 0.0158. The third-order valence-corrected chi connectivity index (χ3v) is 5.30. The Balaban J connectivity index is 1.71. The Labute approximate surface area is 145 Å². The first kappa shape index (κ1) is 16.7. The number of likely N-dealkylation sites (tertiary alicyclic amines) is 1.